The smallest absolute Gasteiger partial charge is 0.123 e. The average molecular weight is 289 g/mol. The molecular weight excluding hydrogens is 258 g/mol. The van der Waals surface area contributed by atoms with Crippen molar-refractivity contribution in [3.05, 3.63) is 29.8 Å². The van der Waals surface area contributed by atoms with Crippen LogP contribution in [0.15, 0.2) is 24.3 Å². The van der Waals surface area contributed by atoms with E-state index in [-0.39, 0.29) is 0 Å². The van der Waals surface area contributed by atoms with Crippen LogP contribution in [0, 0.1) is 0 Å². The molecular formula is C19H31NO. The van der Waals surface area contributed by atoms with Gasteiger partial charge in [0.05, 0.1) is 0 Å². The van der Waals surface area contributed by atoms with E-state index >= 15 is 0 Å². The second-order valence-electron chi connectivity index (χ2n) is 6.55. The van der Waals surface area contributed by atoms with Gasteiger partial charge in [0, 0.05) is 6.04 Å². The second kappa shape index (κ2) is 8.43. The quantitative estimate of drug-likeness (QED) is 0.753. The van der Waals surface area contributed by atoms with Crippen LogP contribution in [0.4, 0.5) is 0 Å². The Kier molecular flexibility index (Phi) is 6.56. The minimum Gasteiger partial charge on any atom is -0.489 e. The Bertz CT molecular complexity index is 416. The van der Waals surface area contributed by atoms with Gasteiger partial charge >= 0.3 is 0 Å². The third kappa shape index (κ3) is 4.74. The molecule has 1 N–H and O–H groups in total. The zero-order chi connectivity index (χ0) is 15.1. The first-order valence-corrected chi connectivity index (χ1v) is 8.71. The van der Waals surface area contributed by atoms with E-state index in [1.54, 1.807) is 0 Å². The van der Waals surface area contributed by atoms with Crippen LogP contribution in [-0.2, 0) is 0 Å². The summed E-state index contributed by atoms with van der Waals surface area (Å²) >= 11 is 0. The molecule has 0 aromatic heterocycles. The number of benzene rings is 1. The molecule has 1 aliphatic rings. The van der Waals surface area contributed by atoms with Gasteiger partial charge in [-0.15, -0.1) is 0 Å². The molecule has 0 radical (unpaired) electrons. The van der Waals surface area contributed by atoms with Gasteiger partial charge in [0.1, 0.15) is 11.9 Å². The van der Waals surface area contributed by atoms with Crippen LogP contribution in [-0.4, -0.2) is 18.7 Å². The number of hydrogen-bond acceptors (Lipinski definition) is 2. The lowest BCUT2D eigenvalue weighted by molar-refractivity contribution is 0.143. The van der Waals surface area contributed by atoms with Gasteiger partial charge < -0.3 is 10.1 Å². The summed E-state index contributed by atoms with van der Waals surface area (Å²) in [6, 6.07) is 9.05. The van der Waals surface area contributed by atoms with Gasteiger partial charge in [-0.1, -0.05) is 51.8 Å². The summed E-state index contributed by atoms with van der Waals surface area (Å²) in [6.07, 6.45) is 7.88. The fourth-order valence-electron chi connectivity index (χ4n) is 3.21. The van der Waals surface area contributed by atoms with Crippen LogP contribution in [0.25, 0.3) is 0 Å². The number of rotatable bonds is 6. The van der Waals surface area contributed by atoms with Crippen LogP contribution in [0.3, 0.4) is 0 Å². The standard InChI is InChI=1S/C19H31NO/c1-4-14-20-17-11-6-5-7-13-19(17)21-18-12-9-8-10-16(18)15(2)3/h8-10,12,15,17,19-20H,4-7,11,13-14H2,1-3H3. The Balaban J connectivity index is 2.10. The highest BCUT2D eigenvalue weighted by atomic mass is 16.5. The number of nitrogens with one attached hydrogen (secondary N) is 1. The molecule has 0 bridgehead atoms. The maximum absolute atomic E-state index is 6.47. The highest BCUT2D eigenvalue weighted by molar-refractivity contribution is 5.35. The summed E-state index contributed by atoms with van der Waals surface area (Å²) in [5.74, 6) is 1.59. The van der Waals surface area contributed by atoms with E-state index in [1.165, 1.54) is 44.1 Å². The van der Waals surface area contributed by atoms with Crippen molar-refractivity contribution in [2.45, 2.75) is 77.4 Å². The molecule has 1 aliphatic carbocycles. The van der Waals surface area contributed by atoms with Gasteiger partial charge in [-0.2, -0.15) is 0 Å². The van der Waals surface area contributed by atoms with E-state index in [1.807, 2.05) is 0 Å². The number of para-hydroxylation sites is 1. The topological polar surface area (TPSA) is 21.3 Å². The molecule has 0 aliphatic heterocycles. The Morgan fingerprint density at radius 1 is 1.14 bits per heavy atom. The van der Waals surface area contributed by atoms with Crippen molar-refractivity contribution in [1.29, 1.82) is 0 Å². The molecule has 21 heavy (non-hydrogen) atoms. The molecule has 0 spiro atoms. The first-order chi connectivity index (χ1) is 10.2. The minimum absolute atomic E-state index is 0.318. The Morgan fingerprint density at radius 3 is 2.67 bits per heavy atom. The Morgan fingerprint density at radius 2 is 1.90 bits per heavy atom. The van der Waals surface area contributed by atoms with Gasteiger partial charge in [-0.05, 0) is 49.8 Å². The van der Waals surface area contributed by atoms with Gasteiger partial charge in [0.2, 0.25) is 0 Å². The zero-order valence-corrected chi connectivity index (χ0v) is 13.9. The highest BCUT2D eigenvalue weighted by Gasteiger charge is 2.25. The third-order valence-electron chi connectivity index (χ3n) is 4.43. The fraction of sp³-hybridized carbons (Fsp3) is 0.684. The van der Waals surface area contributed by atoms with Gasteiger partial charge in [0.15, 0.2) is 0 Å². The molecule has 2 rings (SSSR count). The van der Waals surface area contributed by atoms with E-state index in [0.717, 1.165) is 12.3 Å². The lowest BCUT2D eigenvalue weighted by Crippen LogP contribution is -2.42. The van der Waals surface area contributed by atoms with Crippen molar-refractivity contribution in [3.8, 4) is 5.75 Å². The number of hydrogen-bond donors (Lipinski definition) is 1. The van der Waals surface area contributed by atoms with Crippen LogP contribution in [0.2, 0.25) is 0 Å². The molecule has 0 amide bonds. The molecule has 0 heterocycles. The normalized spacial score (nSPS) is 23.0. The summed E-state index contributed by atoms with van der Waals surface area (Å²) in [6.45, 7) is 7.80. The largest absolute Gasteiger partial charge is 0.489 e. The van der Waals surface area contributed by atoms with Crippen molar-refractivity contribution >= 4 is 0 Å². The van der Waals surface area contributed by atoms with E-state index in [4.69, 9.17) is 4.74 Å². The Hall–Kier alpha value is -1.02. The fourth-order valence-corrected chi connectivity index (χ4v) is 3.21. The lowest BCUT2D eigenvalue weighted by Gasteiger charge is -2.28. The van der Waals surface area contributed by atoms with Crippen LogP contribution in [0.5, 0.6) is 5.75 Å². The zero-order valence-electron chi connectivity index (χ0n) is 13.9. The maximum atomic E-state index is 6.47. The first-order valence-electron chi connectivity index (χ1n) is 8.71. The number of ether oxygens (including phenoxy) is 1. The highest BCUT2D eigenvalue weighted by Crippen LogP contribution is 2.29. The molecule has 1 fully saturated rings. The molecule has 118 valence electrons. The molecule has 1 aromatic rings. The monoisotopic (exact) mass is 289 g/mol. The van der Waals surface area contributed by atoms with Crippen molar-refractivity contribution < 1.29 is 4.74 Å². The minimum atomic E-state index is 0.318. The summed E-state index contributed by atoms with van der Waals surface area (Å²) in [7, 11) is 0. The molecule has 2 heteroatoms. The second-order valence-corrected chi connectivity index (χ2v) is 6.55. The average Bonchev–Trinajstić information content (AvgIpc) is 2.71. The summed E-state index contributed by atoms with van der Waals surface area (Å²) in [5, 5.41) is 3.71. The Labute approximate surface area is 130 Å². The van der Waals surface area contributed by atoms with Gasteiger partial charge in [0.25, 0.3) is 0 Å². The molecule has 2 unspecified atom stereocenters. The van der Waals surface area contributed by atoms with E-state index < -0.39 is 0 Å². The first kappa shape index (κ1) is 16.4. The van der Waals surface area contributed by atoms with Crippen LogP contribution < -0.4 is 10.1 Å². The van der Waals surface area contributed by atoms with Crippen molar-refractivity contribution in [2.24, 2.45) is 0 Å². The molecule has 1 aromatic carbocycles. The van der Waals surface area contributed by atoms with E-state index in [9.17, 15) is 0 Å². The van der Waals surface area contributed by atoms with Gasteiger partial charge in [-0.3, -0.25) is 0 Å². The predicted molar refractivity (Wildman–Crippen MR) is 90.1 cm³/mol. The molecule has 2 nitrogen and oxygen atoms in total. The molecule has 2 atom stereocenters. The van der Waals surface area contributed by atoms with Crippen molar-refractivity contribution in [3.63, 3.8) is 0 Å². The van der Waals surface area contributed by atoms with Crippen molar-refractivity contribution in [2.75, 3.05) is 6.54 Å². The predicted octanol–water partition coefficient (Wildman–Crippen LogP) is 4.89. The lowest BCUT2D eigenvalue weighted by atomic mass is 10.0. The van der Waals surface area contributed by atoms with Crippen LogP contribution >= 0.6 is 0 Å². The van der Waals surface area contributed by atoms with E-state index in [0.29, 0.717) is 18.1 Å². The molecule has 0 saturated heterocycles. The summed E-state index contributed by atoms with van der Waals surface area (Å²) in [4.78, 5) is 0. The van der Waals surface area contributed by atoms with Crippen LogP contribution in [0.1, 0.15) is 70.8 Å². The maximum Gasteiger partial charge on any atom is 0.123 e. The summed E-state index contributed by atoms with van der Waals surface area (Å²) in [5.41, 5.74) is 1.33. The third-order valence-corrected chi connectivity index (χ3v) is 4.43. The molecule has 1 saturated carbocycles. The van der Waals surface area contributed by atoms with E-state index in [2.05, 4.69) is 50.4 Å². The summed E-state index contributed by atoms with van der Waals surface area (Å²) < 4.78 is 6.47. The SMILES string of the molecule is CCCNC1CCCCCC1Oc1ccccc1C(C)C. The van der Waals surface area contributed by atoms with Gasteiger partial charge in [-0.25, -0.2) is 0 Å². The van der Waals surface area contributed by atoms with Crippen molar-refractivity contribution in [1.82, 2.24) is 5.32 Å².